The molecule has 1 aliphatic rings. The van der Waals surface area contributed by atoms with Gasteiger partial charge >= 0.3 is 0 Å². The van der Waals surface area contributed by atoms with E-state index >= 15 is 0 Å². The van der Waals surface area contributed by atoms with Crippen LogP contribution in [0.2, 0.25) is 0 Å². The van der Waals surface area contributed by atoms with Gasteiger partial charge in [-0.3, -0.25) is 5.10 Å². The Labute approximate surface area is 107 Å². The minimum atomic E-state index is 0.563. The summed E-state index contributed by atoms with van der Waals surface area (Å²) in [5.74, 6) is 2.36. The first-order valence-electron chi connectivity index (χ1n) is 6.53. The first-order chi connectivity index (χ1) is 8.74. The molecule has 1 aliphatic carbocycles. The lowest BCUT2D eigenvalue weighted by Gasteiger charge is -2.03. The van der Waals surface area contributed by atoms with E-state index in [1.54, 1.807) is 0 Å². The van der Waals surface area contributed by atoms with Crippen molar-refractivity contribution in [3.05, 3.63) is 29.6 Å². The fourth-order valence-corrected chi connectivity index (χ4v) is 2.66. The lowest BCUT2D eigenvalue weighted by atomic mass is 10.1. The van der Waals surface area contributed by atoms with E-state index in [0.717, 1.165) is 28.5 Å². The standard InChI is InChI=1S/C14H18N4/c1-9-6-7-11(15)8-12(9)14-16-13(17-18-14)10-4-2-3-5-10/h6-8,10H,2-5,15H2,1H3,(H,16,17,18). The van der Waals surface area contributed by atoms with Crippen molar-refractivity contribution in [3.8, 4) is 11.4 Å². The van der Waals surface area contributed by atoms with Gasteiger partial charge in [-0.05, 0) is 37.5 Å². The number of aromatic nitrogens is 3. The fraction of sp³-hybridized carbons (Fsp3) is 0.429. The average Bonchev–Trinajstić information content (AvgIpc) is 3.00. The Morgan fingerprint density at radius 1 is 1.28 bits per heavy atom. The third-order valence-corrected chi connectivity index (χ3v) is 3.75. The van der Waals surface area contributed by atoms with E-state index in [9.17, 15) is 0 Å². The van der Waals surface area contributed by atoms with Gasteiger partial charge in [-0.2, -0.15) is 5.10 Å². The second kappa shape index (κ2) is 4.44. The van der Waals surface area contributed by atoms with Crippen LogP contribution in [0.25, 0.3) is 11.4 Å². The molecule has 0 unspecified atom stereocenters. The van der Waals surface area contributed by atoms with Crippen molar-refractivity contribution in [2.24, 2.45) is 0 Å². The molecule has 0 radical (unpaired) electrons. The minimum absolute atomic E-state index is 0.563. The molecule has 1 aromatic carbocycles. The van der Waals surface area contributed by atoms with E-state index in [1.165, 1.54) is 25.7 Å². The maximum Gasteiger partial charge on any atom is 0.181 e. The van der Waals surface area contributed by atoms with E-state index in [0.29, 0.717) is 5.92 Å². The number of nitrogen functional groups attached to an aromatic ring is 1. The highest BCUT2D eigenvalue weighted by Gasteiger charge is 2.21. The second-order valence-electron chi connectivity index (χ2n) is 5.10. The van der Waals surface area contributed by atoms with Crippen molar-refractivity contribution in [2.45, 2.75) is 38.5 Å². The quantitative estimate of drug-likeness (QED) is 0.795. The van der Waals surface area contributed by atoms with Crippen LogP contribution in [0.5, 0.6) is 0 Å². The lowest BCUT2D eigenvalue weighted by molar-refractivity contribution is 0.672. The molecule has 18 heavy (non-hydrogen) atoms. The monoisotopic (exact) mass is 242 g/mol. The van der Waals surface area contributed by atoms with Crippen molar-refractivity contribution < 1.29 is 0 Å². The van der Waals surface area contributed by atoms with E-state index in [1.807, 2.05) is 18.2 Å². The number of hydrogen-bond acceptors (Lipinski definition) is 3. The van der Waals surface area contributed by atoms with Crippen LogP contribution in [0.3, 0.4) is 0 Å². The van der Waals surface area contributed by atoms with Gasteiger partial charge in [0.1, 0.15) is 5.82 Å². The van der Waals surface area contributed by atoms with Gasteiger partial charge in [-0.1, -0.05) is 18.9 Å². The van der Waals surface area contributed by atoms with Crippen LogP contribution in [0.1, 0.15) is 43.0 Å². The van der Waals surface area contributed by atoms with Gasteiger partial charge in [0.15, 0.2) is 5.82 Å². The Kier molecular flexibility index (Phi) is 2.78. The maximum atomic E-state index is 5.83. The average molecular weight is 242 g/mol. The number of nitrogens with two attached hydrogens (primary N) is 1. The third-order valence-electron chi connectivity index (χ3n) is 3.75. The van der Waals surface area contributed by atoms with Gasteiger partial charge in [0.2, 0.25) is 0 Å². The largest absolute Gasteiger partial charge is 0.399 e. The predicted octanol–water partition coefficient (Wildman–Crippen LogP) is 3.02. The normalized spacial score (nSPS) is 16.3. The molecule has 2 aromatic rings. The summed E-state index contributed by atoms with van der Waals surface area (Å²) in [7, 11) is 0. The highest BCUT2D eigenvalue weighted by Crippen LogP contribution is 2.33. The molecule has 4 nitrogen and oxygen atoms in total. The zero-order chi connectivity index (χ0) is 12.5. The molecule has 0 saturated heterocycles. The summed E-state index contributed by atoms with van der Waals surface area (Å²) >= 11 is 0. The molecule has 3 N–H and O–H groups in total. The van der Waals surface area contributed by atoms with E-state index in [-0.39, 0.29) is 0 Å². The summed E-state index contributed by atoms with van der Waals surface area (Å²) in [4.78, 5) is 4.64. The van der Waals surface area contributed by atoms with Crippen LogP contribution in [0, 0.1) is 6.92 Å². The van der Waals surface area contributed by atoms with Crippen LogP contribution >= 0.6 is 0 Å². The third kappa shape index (κ3) is 1.98. The van der Waals surface area contributed by atoms with Crippen LogP contribution in [0.15, 0.2) is 18.2 Å². The Morgan fingerprint density at radius 2 is 2.06 bits per heavy atom. The van der Waals surface area contributed by atoms with Gasteiger partial charge in [0.05, 0.1) is 0 Å². The van der Waals surface area contributed by atoms with Gasteiger partial charge in [-0.15, -0.1) is 0 Å². The Morgan fingerprint density at radius 3 is 2.83 bits per heavy atom. The molecular weight excluding hydrogens is 224 g/mol. The van der Waals surface area contributed by atoms with Crippen molar-refractivity contribution in [1.82, 2.24) is 15.2 Å². The van der Waals surface area contributed by atoms with Crippen molar-refractivity contribution >= 4 is 5.69 Å². The number of nitrogens with zero attached hydrogens (tertiary/aromatic N) is 2. The molecule has 0 atom stereocenters. The zero-order valence-electron chi connectivity index (χ0n) is 10.6. The Hall–Kier alpha value is -1.84. The zero-order valence-corrected chi connectivity index (χ0v) is 10.6. The Bertz CT molecular complexity index is 553. The number of anilines is 1. The molecule has 94 valence electrons. The summed E-state index contributed by atoms with van der Waals surface area (Å²) in [5.41, 5.74) is 8.76. The number of aromatic amines is 1. The van der Waals surface area contributed by atoms with Crippen molar-refractivity contribution in [1.29, 1.82) is 0 Å². The number of benzene rings is 1. The molecule has 1 saturated carbocycles. The molecule has 4 heteroatoms. The predicted molar refractivity (Wildman–Crippen MR) is 72.2 cm³/mol. The summed E-state index contributed by atoms with van der Waals surface area (Å²) in [6.45, 7) is 2.06. The first kappa shape index (κ1) is 11.3. The van der Waals surface area contributed by atoms with Crippen LogP contribution in [-0.4, -0.2) is 15.2 Å². The molecule has 1 aromatic heterocycles. The SMILES string of the molecule is Cc1ccc(N)cc1-c1n[nH]c(C2CCCC2)n1. The van der Waals surface area contributed by atoms with Gasteiger partial charge < -0.3 is 5.73 Å². The van der Waals surface area contributed by atoms with Crippen molar-refractivity contribution in [2.75, 3.05) is 5.73 Å². The molecule has 1 fully saturated rings. The highest BCUT2D eigenvalue weighted by molar-refractivity contribution is 5.65. The number of nitrogens with one attached hydrogen (secondary N) is 1. The molecule has 0 bridgehead atoms. The molecule has 3 rings (SSSR count). The number of aryl methyl sites for hydroxylation is 1. The lowest BCUT2D eigenvalue weighted by Crippen LogP contribution is -1.95. The van der Waals surface area contributed by atoms with Gasteiger partial charge in [0, 0.05) is 17.2 Å². The smallest absolute Gasteiger partial charge is 0.181 e. The minimum Gasteiger partial charge on any atom is -0.399 e. The molecule has 1 heterocycles. The topological polar surface area (TPSA) is 67.6 Å². The van der Waals surface area contributed by atoms with Gasteiger partial charge in [0.25, 0.3) is 0 Å². The van der Waals surface area contributed by atoms with Crippen LogP contribution < -0.4 is 5.73 Å². The van der Waals surface area contributed by atoms with Crippen molar-refractivity contribution in [3.63, 3.8) is 0 Å². The van der Waals surface area contributed by atoms with Gasteiger partial charge in [-0.25, -0.2) is 4.98 Å². The first-order valence-corrected chi connectivity index (χ1v) is 6.53. The van der Waals surface area contributed by atoms with E-state index in [2.05, 4.69) is 22.1 Å². The summed E-state index contributed by atoms with van der Waals surface area (Å²) < 4.78 is 0. The fourth-order valence-electron chi connectivity index (χ4n) is 2.66. The maximum absolute atomic E-state index is 5.83. The second-order valence-corrected chi connectivity index (χ2v) is 5.10. The van der Waals surface area contributed by atoms with Crippen LogP contribution in [-0.2, 0) is 0 Å². The van der Waals surface area contributed by atoms with E-state index < -0.39 is 0 Å². The summed E-state index contributed by atoms with van der Waals surface area (Å²) in [5, 5.41) is 7.43. The molecule has 0 aliphatic heterocycles. The molecule has 0 spiro atoms. The molecule has 0 amide bonds. The number of rotatable bonds is 2. The number of H-pyrrole nitrogens is 1. The van der Waals surface area contributed by atoms with E-state index in [4.69, 9.17) is 5.73 Å². The van der Waals surface area contributed by atoms with Crippen LogP contribution in [0.4, 0.5) is 5.69 Å². The highest BCUT2D eigenvalue weighted by atomic mass is 15.2. The number of hydrogen-bond donors (Lipinski definition) is 2. The Balaban J connectivity index is 1.94. The summed E-state index contributed by atoms with van der Waals surface area (Å²) in [6, 6.07) is 5.86. The summed E-state index contributed by atoms with van der Waals surface area (Å²) in [6.07, 6.45) is 5.06. The molecular formula is C14H18N4.